The van der Waals surface area contributed by atoms with Gasteiger partial charge in [-0.2, -0.15) is 20.1 Å². The molecule has 0 atom stereocenters. The fourth-order valence-electron chi connectivity index (χ4n) is 1.86. The lowest BCUT2D eigenvalue weighted by Gasteiger charge is -2.05. The molecule has 0 fully saturated rings. The molecule has 3 aromatic rings. The van der Waals surface area contributed by atoms with Crippen LogP contribution < -0.4 is 5.73 Å². The molecule has 0 bridgehead atoms. The third kappa shape index (κ3) is 3.38. The van der Waals surface area contributed by atoms with Crippen molar-refractivity contribution >= 4 is 17.7 Å². The number of hydrogen-bond acceptors (Lipinski definition) is 6. The number of thioether (sulfide) groups is 1. The van der Waals surface area contributed by atoms with E-state index in [9.17, 15) is 0 Å². The van der Waals surface area contributed by atoms with Crippen LogP contribution in [-0.4, -0.2) is 24.7 Å². The Morgan fingerprint density at radius 3 is 2.86 bits per heavy atom. The van der Waals surface area contributed by atoms with Crippen LogP contribution in [0.15, 0.2) is 47.9 Å². The van der Waals surface area contributed by atoms with Gasteiger partial charge in [0.05, 0.1) is 0 Å². The van der Waals surface area contributed by atoms with E-state index in [1.165, 1.54) is 22.9 Å². The molecule has 21 heavy (non-hydrogen) atoms. The van der Waals surface area contributed by atoms with Crippen LogP contribution in [0.2, 0.25) is 0 Å². The predicted octanol–water partition coefficient (Wildman–Crippen LogP) is 2.24. The fourth-order valence-corrected chi connectivity index (χ4v) is 2.64. The molecule has 0 saturated carbocycles. The van der Waals surface area contributed by atoms with Gasteiger partial charge in [-0.25, -0.2) is 4.68 Å². The minimum Gasteiger partial charge on any atom is -0.368 e. The Labute approximate surface area is 126 Å². The Kier molecular flexibility index (Phi) is 3.83. The Balaban J connectivity index is 1.79. The quantitative estimate of drug-likeness (QED) is 0.744. The van der Waals surface area contributed by atoms with Gasteiger partial charge in [-0.15, -0.1) is 0 Å². The van der Waals surface area contributed by atoms with Crippen molar-refractivity contribution in [2.45, 2.75) is 17.8 Å². The average molecular weight is 298 g/mol. The lowest BCUT2D eigenvalue weighted by Crippen LogP contribution is -2.07. The van der Waals surface area contributed by atoms with Gasteiger partial charge in [-0.3, -0.25) is 0 Å². The van der Waals surface area contributed by atoms with E-state index in [0.29, 0.717) is 11.1 Å². The van der Waals surface area contributed by atoms with Gasteiger partial charge in [0.1, 0.15) is 0 Å². The summed E-state index contributed by atoms with van der Waals surface area (Å²) in [5.74, 6) is 1.41. The number of hydrogen-bond donors (Lipinski definition) is 1. The molecule has 0 spiro atoms. The van der Waals surface area contributed by atoms with Crippen molar-refractivity contribution < 1.29 is 0 Å². The number of anilines is 1. The average Bonchev–Trinajstić information content (AvgIpc) is 2.99. The van der Waals surface area contributed by atoms with Gasteiger partial charge in [0, 0.05) is 18.1 Å². The van der Waals surface area contributed by atoms with Crippen LogP contribution in [0.3, 0.4) is 0 Å². The number of aromatic nitrogens is 5. The molecule has 0 unspecified atom stereocenters. The van der Waals surface area contributed by atoms with Gasteiger partial charge in [0.25, 0.3) is 5.95 Å². The molecule has 1 aromatic carbocycles. The summed E-state index contributed by atoms with van der Waals surface area (Å²) in [4.78, 5) is 12.6. The second-order valence-corrected chi connectivity index (χ2v) is 5.45. The van der Waals surface area contributed by atoms with Crippen LogP contribution in [-0.2, 0) is 5.75 Å². The van der Waals surface area contributed by atoms with E-state index in [-0.39, 0.29) is 5.95 Å². The van der Waals surface area contributed by atoms with Crippen molar-refractivity contribution in [2.24, 2.45) is 0 Å². The van der Waals surface area contributed by atoms with Gasteiger partial charge in [0.15, 0.2) is 5.16 Å². The van der Waals surface area contributed by atoms with Gasteiger partial charge in [0.2, 0.25) is 5.95 Å². The van der Waals surface area contributed by atoms with E-state index in [1.54, 1.807) is 23.1 Å². The van der Waals surface area contributed by atoms with Gasteiger partial charge in [-0.1, -0.05) is 41.6 Å². The highest BCUT2D eigenvalue weighted by molar-refractivity contribution is 7.98. The van der Waals surface area contributed by atoms with Crippen LogP contribution in [0.4, 0.5) is 5.95 Å². The number of aryl methyl sites for hydroxylation is 1. The molecule has 0 radical (unpaired) electrons. The highest BCUT2D eigenvalue weighted by Gasteiger charge is 2.07. The third-order valence-electron chi connectivity index (χ3n) is 2.78. The van der Waals surface area contributed by atoms with Crippen molar-refractivity contribution in [1.82, 2.24) is 24.7 Å². The lowest BCUT2D eigenvalue weighted by atomic mass is 10.2. The van der Waals surface area contributed by atoms with E-state index in [1.807, 2.05) is 6.07 Å². The molecule has 7 heteroatoms. The third-order valence-corrected chi connectivity index (χ3v) is 3.70. The van der Waals surface area contributed by atoms with Crippen molar-refractivity contribution in [1.29, 1.82) is 0 Å². The normalized spacial score (nSPS) is 10.7. The summed E-state index contributed by atoms with van der Waals surface area (Å²) in [6.45, 7) is 2.07. The summed E-state index contributed by atoms with van der Waals surface area (Å²) in [5, 5.41) is 4.69. The van der Waals surface area contributed by atoms with E-state index >= 15 is 0 Å². The van der Waals surface area contributed by atoms with E-state index in [2.05, 4.69) is 45.2 Å². The summed E-state index contributed by atoms with van der Waals surface area (Å²) in [5.41, 5.74) is 8.20. The van der Waals surface area contributed by atoms with Crippen LogP contribution in [0.5, 0.6) is 0 Å². The van der Waals surface area contributed by atoms with Crippen molar-refractivity contribution in [3.63, 3.8) is 0 Å². The smallest absolute Gasteiger partial charge is 0.256 e. The Bertz CT molecular complexity index is 741. The summed E-state index contributed by atoms with van der Waals surface area (Å²) < 4.78 is 1.56. The topological polar surface area (TPSA) is 82.5 Å². The summed E-state index contributed by atoms with van der Waals surface area (Å²) in [7, 11) is 0. The summed E-state index contributed by atoms with van der Waals surface area (Å²) >= 11 is 1.52. The molecule has 0 saturated heterocycles. The van der Waals surface area contributed by atoms with Crippen LogP contribution in [0.25, 0.3) is 5.95 Å². The Morgan fingerprint density at radius 1 is 1.19 bits per heavy atom. The number of nitrogens with zero attached hydrogens (tertiary/aromatic N) is 5. The summed E-state index contributed by atoms with van der Waals surface area (Å²) in [6.07, 6.45) is 3.43. The summed E-state index contributed by atoms with van der Waals surface area (Å²) in [6, 6.07) is 10.2. The second kappa shape index (κ2) is 5.92. The molecular formula is C14H14N6S. The molecule has 2 aromatic heterocycles. The molecule has 3 rings (SSSR count). The van der Waals surface area contributed by atoms with Crippen LogP contribution in [0, 0.1) is 6.92 Å². The van der Waals surface area contributed by atoms with Crippen molar-refractivity contribution in [2.75, 3.05) is 5.73 Å². The number of rotatable bonds is 4. The second-order valence-electron chi connectivity index (χ2n) is 4.50. The first kappa shape index (κ1) is 13.6. The number of benzene rings is 1. The minimum atomic E-state index is 0.197. The van der Waals surface area contributed by atoms with E-state index in [4.69, 9.17) is 5.73 Å². The molecule has 2 N–H and O–H groups in total. The Hall–Kier alpha value is -2.41. The van der Waals surface area contributed by atoms with Crippen LogP contribution in [0.1, 0.15) is 11.1 Å². The Morgan fingerprint density at radius 2 is 2.10 bits per heavy atom. The minimum absolute atomic E-state index is 0.197. The zero-order valence-electron chi connectivity index (χ0n) is 11.5. The molecule has 0 aliphatic rings. The number of nitrogen functional groups attached to an aromatic ring is 1. The molecule has 0 amide bonds. The zero-order chi connectivity index (χ0) is 14.7. The first-order valence-corrected chi connectivity index (χ1v) is 7.39. The molecular weight excluding hydrogens is 284 g/mol. The van der Waals surface area contributed by atoms with Crippen molar-refractivity contribution in [3.05, 3.63) is 53.9 Å². The molecule has 106 valence electrons. The maximum absolute atomic E-state index is 5.74. The predicted molar refractivity (Wildman–Crippen MR) is 82.1 cm³/mol. The first-order valence-electron chi connectivity index (χ1n) is 6.40. The highest BCUT2D eigenvalue weighted by atomic mass is 32.2. The zero-order valence-corrected chi connectivity index (χ0v) is 12.3. The lowest BCUT2D eigenvalue weighted by molar-refractivity contribution is 0.764. The monoisotopic (exact) mass is 298 g/mol. The van der Waals surface area contributed by atoms with Crippen LogP contribution >= 0.6 is 11.8 Å². The maximum Gasteiger partial charge on any atom is 0.256 e. The maximum atomic E-state index is 5.74. The first-order chi connectivity index (χ1) is 10.2. The molecule has 0 aliphatic heterocycles. The standard InChI is InChI=1S/C14H14N6S/c1-10-4-2-5-11(8-10)9-21-14-18-12(15)17-13(19-14)20-7-3-6-16-20/h2-8H,9H2,1H3,(H2,15,17,18,19). The van der Waals surface area contributed by atoms with Gasteiger partial charge in [-0.05, 0) is 18.6 Å². The molecule has 2 heterocycles. The van der Waals surface area contributed by atoms with Gasteiger partial charge >= 0.3 is 0 Å². The van der Waals surface area contributed by atoms with E-state index in [0.717, 1.165) is 5.75 Å². The molecule has 6 nitrogen and oxygen atoms in total. The highest BCUT2D eigenvalue weighted by Crippen LogP contribution is 2.20. The largest absolute Gasteiger partial charge is 0.368 e. The number of nitrogens with two attached hydrogens (primary N) is 1. The van der Waals surface area contributed by atoms with Gasteiger partial charge < -0.3 is 5.73 Å². The fraction of sp³-hybridized carbons (Fsp3) is 0.143. The van der Waals surface area contributed by atoms with E-state index < -0.39 is 0 Å². The SMILES string of the molecule is Cc1cccc(CSc2nc(N)nc(-n3cccn3)n2)c1. The molecule has 0 aliphatic carbocycles. The van der Waals surface area contributed by atoms with Crippen molar-refractivity contribution in [3.8, 4) is 5.95 Å².